The Morgan fingerprint density at radius 1 is 1.03 bits per heavy atom. The summed E-state index contributed by atoms with van der Waals surface area (Å²) in [5.41, 5.74) is 2.43. The number of piperidine rings is 1. The van der Waals surface area contributed by atoms with Crippen molar-refractivity contribution in [3.05, 3.63) is 53.6 Å². The Kier molecular flexibility index (Phi) is 7.65. The lowest BCUT2D eigenvalue weighted by Gasteiger charge is -2.30. The summed E-state index contributed by atoms with van der Waals surface area (Å²) in [6.45, 7) is 5.46. The molecule has 2 N–H and O–H groups in total. The molecule has 8 nitrogen and oxygen atoms in total. The summed E-state index contributed by atoms with van der Waals surface area (Å²) in [6, 6.07) is 11.3. The lowest BCUT2D eigenvalue weighted by atomic mass is 9.97. The molecule has 1 fully saturated rings. The van der Waals surface area contributed by atoms with Crippen LogP contribution in [0, 0.1) is 12.8 Å². The Morgan fingerprint density at radius 3 is 2.36 bits per heavy atom. The summed E-state index contributed by atoms with van der Waals surface area (Å²) < 4.78 is 27.4. The van der Waals surface area contributed by atoms with E-state index in [1.807, 2.05) is 13.0 Å². The van der Waals surface area contributed by atoms with Gasteiger partial charge >= 0.3 is 0 Å². The average Bonchev–Trinajstić information content (AvgIpc) is 2.81. The van der Waals surface area contributed by atoms with E-state index in [-0.39, 0.29) is 41.5 Å². The number of hydrogen-bond acceptors (Lipinski definition) is 5. The first-order chi connectivity index (χ1) is 15.6. The van der Waals surface area contributed by atoms with Gasteiger partial charge in [-0.2, -0.15) is 4.31 Å². The molecule has 0 atom stereocenters. The molecule has 0 saturated carbocycles. The van der Waals surface area contributed by atoms with Crippen LogP contribution in [-0.4, -0.2) is 43.4 Å². The SMILES string of the molecule is CCC(=O)Nc1ccc(C)c(NC(=O)C2CCN(S(=O)(=O)c3cccc(C(C)=O)c3)CC2)c1. The van der Waals surface area contributed by atoms with Gasteiger partial charge in [0.1, 0.15) is 0 Å². The number of anilines is 2. The zero-order valence-corrected chi connectivity index (χ0v) is 19.9. The van der Waals surface area contributed by atoms with Crippen molar-refractivity contribution in [3.63, 3.8) is 0 Å². The fraction of sp³-hybridized carbons (Fsp3) is 0.375. The number of carbonyl (C=O) groups is 3. The molecule has 2 amide bonds. The van der Waals surface area contributed by atoms with Crippen molar-refractivity contribution in [2.75, 3.05) is 23.7 Å². The number of ketones is 1. The molecule has 0 aromatic heterocycles. The Morgan fingerprint density at radius 2 is 1.73 bits per heavy atom. The van der Waals surface area contributed by atoms with Crippen molar-refractivity contribution in [1.29, 1.82) is 0 Å². The molecule has 1 heterocycles. The first kappa shape index (κ1) is 24.6. The zero-order valence-electron chi connectivity index (χ0n) is 19.1. The average molecular weight is 472 g/mol. The number of sulfonamides is 1. The molecule has 1 aliphatic heterocycles. The number of nitrogens with one attached hydrogen (secondary N) is 2. The second-order valence-corrected chi connectivity index (χ2v) is 10.1. The zero-order chi connectivity index (χ0) is 24.2. The van der Waals surface area contributed by atoms with Crippen molar-refractivity contribution < 1.29 is 22.8 Å². The van der Waals surface area contributed by atoms with Crippen LogP contribution in [0.25, 0.3) is 0 Å². The molecular weight excluding hydrogens is 442 g/mol. The second-order valence-electron chi connectivity index (χ2n) is 8.18. The minimum Gasteiger partial charge on any atom is -0.326 e. The van der Waals surface area contributed by atoms with E-state index in [1.54, 1.807) is 31.2 Å². The van der Waals surface area contributed by atoms with Gasteiger partial charge in [0.2, 0.25) is 21.8 Å². The fourth-order valence-electron chi connectivity index (χ4n) is 3.70. The summed E-state index contributed by atoms with van der Waals surface area (Å²) in [5, 5.41) is 5.70. The molecule has 0 aliphatic carbocycles. The Labute approximate surface area is 194 Å². The normalized spacial score (nSPS) is 15.1. The number of rotatable bonds is 7. The highest BCUT2D eigenvalue weighted by Gasteiger charge is 2.32. The van der Waals surface area contributed by atoms with Gasteiger partial charge in [-0.1, -0.05) is 25.1 Å². The van der Waals surface area contributed by atoms with E-state index in [2.05, 4.69) is 10.6 Å². The predicted octanol–water partition coefficient (Wildman–Crippen LogP) is 3.59. The maximum atomic E-state index is 13.0. The molecule has 33 heavy (non-hydrogen) atoms. The van der Waals surface area contributed by atoms with Crippen molar-refractivity contribution in [3.8, 4) is 0 Å². The van der Waals surface area contributed by atoms with Gasteiger partial charge in [-0.3, -0.25) is 14.4 Å². The summed E-state index contributed by atoms with van der Waals surface area (Å²) in [7, 11) is -3.74. The van der Waals surface area contributed by atoms with Crippen LogP contribution < -0.4 is 10.6 Å². The van der Waals surface area contributed by atoms with Crippen LogP contribution in [0.3, 0.4) is 0 Å². The summed E-state index contributed by atoms with van der Waals surface area (Å²) >= 11 is 0. The summed E-state index contributed by atoms with van der Waals surface area (Å²) in [4.78, 5) is 36.2. The Hall–Kier alpha value is -3.04. The number of carbonyl (C=O) groups excluding carboxylic acids is 3. The minimum absolute atomic E-state index is 0.0830. The maximum Gasteiger partial charge on any atom is 0.243 e. The van der Waals surface area contributed by atoms with Gasteiger partial charge < -0.3 is 10.6 Å². The van der Waals surface area contributed by atoms with Gasteiger partial charge in [0.25, 0.3) is 0 Å². The molecule has 3 rings (SSSR count). The highest BCUT2D eigenvalue weighted by molar-refractivity contribution is 7.89. The lowest BCUT2D eigenvalue weighted by Crippen LogP contribution is -2.41. The third kappa shape index (κ3) is 5.85. The standard InChI is InChI=1S/C24H29N3O5S/c1-4-23(29)25-20-9-8-16(2)22(15-20)26-24(30)18-10-12-27(13-11-18)33(31,32)21-7-5-6-19(14-21)17(3)28/h5-9,14-15,18H,4,10-13H2,1-3H3,(H,25,29)(H,26,30). The van der Waals surface area contributed by atoms with Crippen LogP contribution in [0.15, 0.2) is 47.4 Å². The lowest BCUT2D eigenvalue weighted by molar-refractivity contribution is -0.121. The first-order valence-electron chi connectivity index (χ1n) is 10.9. The van der Waals surface area contributed by atoms with Crippen LogP contribution in [0.2, 0.25) is 0 Å². The molecule has 0 radical (unpaired) electrons. The first-order valence-corrected chi connectivity index (χ1v) is 12.4. The Bertz CT molecular complexity index is 1170. The topological polar surface area (TPSA) is 113 Å². The molecule has 9 heteroatoms. The molecule has 176 valence electrons. The fourth-order valence-corrected chi connectivity index (χ4v) is 5.22. The van der Waals surface area contributed by atoms with Gasteiger partial charge in [-0.15, -0.1) is 0 Å². The molecule has 0 bridgehead atoms. The monoisotopic (exact) mass is 471 g/mol. The third-order valence-corrected chi connectivity index (χ3v) is 7.70. The predicted molar refractivity (Wildman–Crippen MR) is 127 cm³/mol. The highest BCUT2D eigenvalue weighted by atomic mass is 32.2. The van der Waals surface area contributed by atoms with Crippen LogP contribution in [0.4, 0.5) is 11.4 Å². The molecule has 2 aromatic rings. The van der Waals surface area contributed by atoms with Gasteiger partial charge in [0, 0.05) is 42.4 Å². The molecule has 0 unspecified atom stereocenters. The van der Waals surface area contributed by atoms with Crippen molar-refractivity contribution >= 4 is 39.0 Å². The highest BCUT2D eigenvalue weighted by Crippen LogP contribution is 2.27. The number of Topliss-reactive ketones (excluding diaryl/α,β-unsaturated/α-hetero) is 1. The van der Waals surface area contributed by atoms with E-state index in [0.717, 1.165) is 5.56 Å². The minimum atomic E-state index is -3.74. The van der Waals surface area contributed by atoms with Gasteiger partial charge in [0.05, 0.1) is 4.90 Å². The Balaban J connectivity index is 1.65. The third-order valence-electron chi connectivity index (χ3n) is 5.80. The number of hydrogen-bond donors (Lipinski definition) is 2. The molecule has 1 saturated heterocycles. The van der Waals surface area contributed by atoms with E-state index in [4.69, 9.17) is 0 Å². The van der Waals surface area contributed by atoms with Gasteiger partial charge in [0.15, 0.2) is 5.78 Å². The van der Waals surface area contributed by atoms with Crippen molar-refractivity contribution in [2.45, 2.75) is 44.9 Å². The molecule has 1 aliphatic rings. The van der Waals surface area contributed by atoms with Crippen LogP contribution in [-0.2, 0) is 19.6 Å². The number of nitrogens with zero attached hydrogens (tertiary/aromatic N) is 1. The van der Waals surface area contributed by atoms with Crippen LogP contribution in [0.1, 0.15) is 49.0 Å². The van der Waals surface area contributed by atoms with E-state index in [1.165, 1.54) is 23.4 Å². The van der Waals surface area contributed by atoms with Crippen LogP contribution in [0.5, 0.6) is 0 Å². The number of benzene rings is 2. The number of amides is 2. The van der Waals surface area contributed by atoms with Gasteiger partial charge in [-0.25, -0.2) is 8.42 Å². The van der Waals surface area contributed by atoms with Crippen molar-refractivity contribution in [2.24, 2.45) is 5.92 Å². The maximum absolute atomic E-state index is 13.0. The largest absolute Gasteiger partial charge is 0.326 e. The quantitative estimate of drug-likeness (QED) is 0.600. The van der Waals surface area contributed by atoms with E-state index in [9.17, 15) is 22.8 Å². The van der Waals surface area contributed by atoms with Gasteiger partial charge in [-0.05, 0) is 56.5 Å². The van der Waals surface area contributed by atoms with E-state index in [0.29, 0.717) is 36.2 Å². The summed E-state index contributed by atoms with van der Waals surface area (Å²) in [5.74, 6) is -0.810. The van der Waals surface area contributed by atoms with E-state index < -0.39 is 10.0 Å². The molecule has 2 aromatic carbocycles. The van der Waals surface area contributed by atoms with Crippen molar-refractivity contribution in [1.82, 2.24) is 4.31 Å². The second kappa shape index (κ2) is 10.3. The van der Waals surface area contributed by atoms with Crippen LogP contribution >= 0.6 is 0 Å². The number of aryl methyl sites for hydroxylation is 1. The summed E-state index contributed by atoms with van der Waals surface area (Å²) in [6.07, 6.45) is 1.14. The smallest absolute Gasteiger partial charge is 0.243 e. The molecule has 0 spiro atoms. The van der Waals surface area contributed by atoms with E-state index >= 15 is 0 Å². The molecular formula is C24H29N3O5S.